The highest BCUT2D eigenvalue weighted by molar-refractivity contribution is 6.03. The van der Waals surface area contributed by atoms with Gasteiger partial charge in [-0.05, 0) is 42.3 Å². The monoisotopic (exact) mass is 423 g/mol. The maximum atomic E-state index is 12.5. The average Bonchev–Trinajstić information content (AvgIpc) is 3.23. The predicted octanol–water partition coefficient (Wildman–Crippen LogP) is 4.25. The van der Waals surface area contributed by atoms with Gasteiger partial charge in [-0.25, -0.2) is 0 Å². The lowest BCUT2D eigenvalue weighted by Gasteiger charge is -2.18. The number of hydrogen-bond acceptors (Lipinski definition) is 7. The summed E-state index contributed by atoms with van der Waals surface area (Å²) in [6.07, 6.45) is 3.65. The van der Waals surface area contributed by atoms with Crippen molar-refractivity contribution in [3.63, 3.8) is 0 Å². The van der Waals surface area contributed by atoms with Gasteiger partial charge in [-0.1, -0.05) is 37.0 Å². The van der Waals surface area contributed by atoms with Crippen LogP contribution in [0.1, 0.15) is 48.0 Å². The van der Waals surface area contributed by atoms with Crippen LogP contribution < -0.4 is 19.5 Å². The van der Waals surface area contributed by atoms with E-state index in [0.717, 1.165) is 30.6 Å². The predicted molar refractivity (Wildman–Crippen MR) is 114 cm³/mol. The van der Waals surface area contributed by atoms with E-state index in [4.69, 9.17) is 18.6 Å². The number of nitrogens with one attached hydrogen (secondary N) is 1. The van der Waals surface area contributed by atoms with E-state index in [1.54, 1.807) is 18.2 Å². The van der Waals surface area contributed by atoms with E-state index in [1.807, 2.05) is 24.3 Å². The molecule has 0 fully saturated rings. The lowest BCUT2D eigenvalue weighted by molar-refractivity contribution is 0.102. The van der Waals surface area contributed by atoms with Crippen molar-refractivity contribution in [2.45, 2.75) is 32.6 Å². The summed E-state index contributed by atoms with van der Waals surface area (Å²) in [6, 6.07) is 12.7. The van der Waals surface area contributed by atoms with E-state index in [-0.39, 0.29) is 11.9 Å². The van der Waals surface area contributed by atoms with Gasteiger partial charge in [0.25, 0.3) is 5.91 Å². The minimum Gasteiger partial charge on any atom is -0.494 e. The van der Waals surface area contributed by atoms with Gasteiger partial charge in [0, 0.05) is 5.56 Å². The van der Waals surface area contributed by atoms with Crippen LogP contribution in [0.25, 0.3) is 0 Å². The van der Waals surface area contributed by atoms with Crippen molar-refractivity contribution in [2.75, 3.05) is 25.1 Å². The van der Waals surface area contributed by atoms with Crippen LogP contribution in [0, 0.1) is 0 Å². The Morgan fingerprint density at radius 3 is 2.81 bits per heavy atom. The number of amides is 1. The van der Waals surface area contributed by atoms with E-state index in [2.05, 4.69) is 22.4 Å². The maximum Gasteiger partial charge on any atom is 0.322 e. The normalized spacial score (nSPS) is 12.4. The first kappa shape index (κ1) is 20.7. The third-order valence-electron chi connectivity index (χ3n) is 4.76. The smallest absolute Gasteiger partial charge is 0.322 e. The molecular formula is C23H25N3O5. The van der Waals surface area contributed by atoms with Gasteiger partial charge in [0.15, 0.2) is 11.5 Å². The van der Waals surface area contributed by atoms with Crippen molar-refractivity contribution < 1.29 is 23.4 Å². The quantitative estimate of drug-likeness (QED) is 0.514. The second-order valence-corrected chi connectivity index (χ2v) is 7.19. The molecule has 0 saturated carbocycles. The molecule has 1 aliphatic rings. The minimum absolute atomic E-state index is 0.0480. The summed E-state index contributed by atoms with van der Waals surface area (Å²) >= 11 is 0. The second-order valence-electron chi connectivity index (χ2n) is 7.19. The van der Waals surface area contributed by atoms with Crippen LogP contribution in [0.5, 0.6) is 17.2 Å². The Hall–Kier alpha value is -3.55. The third kappa shape index (κ3) is 5.53. The molecule has 3 aromatic rings. The summed E-state index contributed by atoms with van der Waals surface area (Å²) in [7, 11) is 0. The molecule has 1 N–H and O–H groups in total. The van der Waals surface area contributed by atoms with Crippen molar-refractivity contribution in [3.05, 3.63) is 59.5 Å². The first-order chi connectivity index (χ1) is 15.2. The number of benzene rings is 2. The summed E-state index contributed by atoms with van der Waals surface area (Å²) in [5, 5.41) is 10.6. The molecule has 2 aromatic carbocycles. The number of unbranched alkanes of at least 4 members (excludes halogenated alkanes) is 2. The van der Waals surface area contributed by atoms with E-state index in [9.17, 15) is 4.79 Å². The maximum absolute atomic E-state index is 12.5. The third-order valence-corrected chi connectivity index (χ3v) is 4.76. The zero-order chi connectivity index (χ0) is 21.5. The Morgan fingerprint density at radius 2 is 1.94 bits per heavy atom. The molecule has 0 aliphatic carbocycles. The van der Waals surface area contributed by atoms with Crippen molar-refractivity contribution in [1.82, 2.24) is 10.2 Å². The number of anilines is 1. The van der Waals surface area contributed by atoms with Crippen LogP contribution in [0.2, 0.25) is 0 Å². The van der Waals surface area contributed by atoms with Gasteiger partial charge < -0.3 is 18.6 Å². The topological polar surface area (TPSA) is 95.7 Å². The summed E-state index contributed by atoms with van der Waals surface area (Å²) < 4.78 is 22.4. The van der Waals surface area contributed by atoms with Gasteiger partial charge in [-0.3, -0.25) is 10.1 Å². The van der Waals surface area contributed by atoms with Crippen LogP contribution >= 0.6 is 0 Å². The van der Waals surface area contributed by atoms with Gasteiger partial charge in [-0.15, -0.1) is 5.10 Å². The molecule has 162 valence electrons. The molecule has 1 aliphatic heterocycles. The van der Waals surface area contributed by atoms with Crippen molar-refractivity contribution in [1.29, 1.82) is 0 Å². The first-order valence-corrected chi connectivity index (χ1v) is 10.5. The largest absolute Gasteiger partial charge is 0.494 e. The van der Waals surface area contributed by atoms with Gasteiger partial charge >= 0.3 is 6.01 Å². The number of carbonyl (C=O) groups is 1. The van der Waals surface area contributed by atoms with Crippen LogP contribution in [-0.4, -0.2) is 35.9 Å². The van der Waals surface area contributed by atoms with E-state index < -0.39 is 0 Å². The molecule has 8 nitrogen and oxygen atoms in total. The molecular weight excluding hydrogens is 398 g/mol. The average molecular weight is 423 g/mol. The fourth-order valence-electron chi connectivity index (χ4n) is 3.19. The Morgan fingerprint density at radius 1 is 1.06 bits per heavy atom. The Balaban J connectivity index is 1.35. The molecule has 1 amide bonds. The lowest BCUT2D eigenvalue weighted by Crippen LogP contribution is -2.15. The lowest BCUT2D eigenvalue weighted by atomic mass is 10.1. The molecule has 0 radical (unpaired) electrons. The summed E-state index contributed by atoms with van der Waals surface area (Å²) in [5.41, 5.74) is 1.40. The molecule has 0 atom stereocenters. The highest BCUT2D eigenvalue weighted by Gasteiger charge is 2.15. The molecule has 0 saturated heterocycles. The van der Waals surface area contributed by atoms with Gasteiger partial charge in [0.05, 0.1) is 13.0 Å². The summed E-state index contributed by atoms with van der Waals surface area (Å²) in [6.45, 7) is 3.85. The fraction of sp³-hybridized carbons (Fsp3) is 0.348. The van der Waals surface area contributed by atoms with Crippen LogP contribution in [0.4, 0.5) is 6.01 Å². The highest BCUT2D eigenvalue weighted by Crippen LogP contribution is 2.31. The van der Waals surface area contributed by atoms with Crippen molar-refractivity contribution in [2.24, 2.45) is 0 Å². The molecule has 8 heteroatoms. The van der Waals surface area contributed by atoms with Gasteiger partial charge in [-0.2, -0.15) is 0 Å². The summed E-state index contributed by atoms with van der Waals surface area (Å²) in [4.78, 5) is 12.5. The molecule has 2 heterocycles. The summed E-state index contributed by atoms with van der Waals surface area (Å²) in [5.74, 6) is 2.14. The zero-order valence-electron chi connectivity index (χ0n) is 17.4. The van der Waals surface area contributed by atoms with Crippen molar-refractivity contribution >= 4 is 11.9 Å². The number of nitrogens with zero attached hydrogens (tertiary/aromatic N) is 2. The minimum atomic E-state index is -0.339. The van der Waals surface area contributed by atoms with Crippen LogP contribution in [0.15, 0.2) is 46.9 Å². The zero-order valence-corrected chi connectivity index (χ0v) is 17.4. The Labute approximate surface area is 180 Å². The fourth-order valence-corrected chi connectivity index (χ4v) is 3.19. The standard InChI is InChI=1S/C23H25N3O5/c1-2-3-4-10-28-18-7-5-6-17(15-18)22(27)24-23-26-25-21(31-23)14-16-8-9-19-20(13-16)30-12-11-29-19/h5-9,13,15H,2-4,10-12,14H2,1H3,(H,24,26,27). The van der Waals surface area contributed by atoms with Crippen LogP contribution in [0.3, 0.4) is 0 Å². The van der Waals surface area contributed by atoms with Gasteiger partial charge in [0.2, 0.25) is 5.89 Å². The molecule has 31 heavy (non-hydrogen) atoms. The molecule has 1 aromatic heterocycles. The first-order valence-electron chi connectivity index (χ1n) is 10.5. The number of ether oxygens (including phenoxy) is 3. The number of fused-ring (bicyclic) bond motifs is 1. The number of hydrogen-bond donors (Lipinski definition) is 1. The van der Waals surface area contributed by atoms with E-state index >= 15 is 0 Å². The van der Waals surface area contributed by atoms with Crippen LogP contribution in [-0.2, 0) is 6.42 Å². The Bertz CT molecular complexity index is 1030. The number of rotatable bonds is 9. The van der Waals surface area contributed by atoms with E-state index in [1.165, 1.54) is 0 Å². The number of aromatic nitrogens is 2. The van der Waals surface area contributed by atoms with Crippen molar-refractivity contribution in [3.8, 4) is 17.2 Å². The molecule has 0 bridgehead atoms. The molecule has 0 spiro atoms. The van der Waals surface area contributed by atoms with Gasteiger partial charge in [0.1, 0.15) is 19.0 Å². The number of carbonyl (C=O) groups excluding carboxylic acids is 1. The Kier molecular flexibility index (Phi) is 6.66. The molecule has 0 unspecified atom stereocenters. The molecule has 4 rings (SSSR count). The highest BCUT2D eigenvalue weighted by atomic mass is 16.6. The SMILES string of the molecule is CCCCCOc1cccc(C(=O)Nc2nnc(Cc3ccc4c(c3)OCCO4)o2)c1. The second kappa shape index (κ2) is 9.97. The van der Waals surface area contributed by atoms with E-state index in [0.29, 0.717) is 49.2 Å².